The van der Waals surface area contributed by atoms with E-state index in [9.17, 15) is 18.0 Å². The van der Waals surface area contributed by atoms with Gasteiger partial charge in [-0.25, -0.2) is 8.42 Å². The number of nitrogens with one attached hydrogen (secondary N) is 2. The summed E-state index contributed by atoms with van der Waals surface area (Å²) in [6.07, 6.45) is 0. The number of amides is 1. The molecule has 0 aliphatic heterocycles. The van der Waals surface area contributed by atoms with Crippen LogP contribution in [0.25, 0.3) is 0 Å². The molecule has 0 fully saturated rings. The quantitative estimate of drug-likeness (QED) is 0.699. The Labute approximate surface area is 156 Å². The number of anilines is 1. The van der Waals surface area contributed by atoms with Gasteiger partial charge in [0.2, 0.25) is 15.9 Å². The van der Waals surface area contributed by atoms with E-state index in [4.69, 9.17) is 16.3 Å². The molecule has 0 radical (unpaired) electrons. The molecule has 26 heavy (non-hydrogen) atoms. The Morgan fingerprint density at radius 2 is 1.65 bits per heavy atom. The Morgan fingerprint density at radius 1 is 1.04 bits per heavy atom. The van der Waals surface area contributed by atoms with Crippen LogP contribution in [0.5, 0.6) is 0 Å². The zero-order chi connectivity index (χ0) is 19.2. The highest BCUT2D eigenvalue weighted by atomic mass is 35.5. The van der Waals surface area contributed by atoms with Gasteiger partial charge in [0, 0.05) is 17.6 Å². The maximum atomic E-state index is 12.2. The molecule has 138 valence electrons. The molecule has 0 unspecified atom stereocenters. The molecule has 0 spiro atoms. The van der Waals surface area contributed by atoms with E-state index in [2.05, 4.69) is 10.0 Å². The number of carbonyl (C=O) groups is 2. The molecule has 0 aliphatic carbocycles. The highest BCUT2D eigenvalue weighted by molar-refractivity contribution is 7.89. The van der Waals surface area contributed by atoms with Crippen molar-refractivity contribution in [2.45, 2.75) is 18.4 Å². The molecule has 2 N–H and O–H groups in total. The lowest BCUT2D eigenvalue weighted by Gasteiger charge is -2.08. The van der Waals surface area contributed by atoms with Gasteiger partial charge in [-0.1, -0.05) is 23.7 Å². The zero-order valence-electron chi connectivity index (χ0n) is 13.9. The van der Waals surface area contributed by atoms with Gasteiger partial charge in [-0.2, -0.15) is 4.72 Å². The molecule has 0 heterocycles. The van der Waals surface area contributed by atoms with E-state index >= 15 is 0 Å². The Kier molecular flexibility index (Phi) is 6.73. The molecule has 0 saturated carbocycles. The number of halogens is 1. The number of esters is 1. The zero-order valence-corrected chi connectivity index (χ0v) is 15.4. The monoisotopic (exact) mass is 396 g/mol. The molecule has 0 saturated heterocycles. The third-order valence-electron chi connectivity index (χ3n) is 3.20. The van der Waals surface area contributed by atoms with Crippen LogP contribution in [0.4, 0.5) is 5.69 Å². The highest BCUT2D eigenvalue weighted by Crippen LogP contribution is 2.14. The van der Waals surface area contributed by atoms with E-state index in [1.54, 1.807) is 24.3 Å². The third-order valence-corrected chi connectivity index (χ3v) is 4.87. The number of sulfonamides is 1. The minimum Gasteiger partial charge on any atom is -0.460 e. The molecule has 0 atom stereocenters. The molecule has 2 aromatic carbocycles. The minimum atomic E-state index is -3.87. The fraction of sp³-hybridized carbons (Fsp3) is 0.176. The molecular weight excluding hydrogens is 380 g/mol. The van der Waals surface area contributed by atoms with Crippen LogP contribution in [0.3, 0.4) is 0 Å². The fourth-order valence-electron chi connectivity index (χ4n) is 1.95. The van der Waals surface area contributed by atoms with E-state index in [0.717, 1.165) is 5.56 Å². The first kappa shape index (κ1) is 19.9. The standard InChI is InChI=1S/C17H17ClN2O5S/c1-12(21)20-15-6-8-16(9-7-15)26(23,24)19-10-17(22)25-11-13-2-4-14(18)5-3-13/h2-9,19H,10-11H2,1H3,(H,20,21). The summed E-state index contributed by atoms with van der Waals surface area (Å²) in [4.78, 5) is 22.6. The van der Waals surface area contributed by atoms with Gasteiger partial charge in [-0.15, -0.1) is 0 Å². The molecule has 9 heteroatoms. The van der Waals surface area contributed by atoms with Crippen molar-refractivity contribution < 1.29 is 22.7 Å². The molecule has 0 bridgehead atoms. The number of rotatable bonds is 7. The van der Waals surface area contributed by atoms with Crippen molar-refractivity contribution >= 4 is 39.2 Å². The first-order valence-electron chi connectivity index (χ1n) is 7.54. The van der Waals surface area contributed by atoms with E-state index in [1.165, 1.54) is 31.2 Å². The number of benzene rings is 2. The van der Waals surface area contributed by atoms with Gasteiger partial charge in [0.05, 0.1) is 4.90 Å². The number of ether oxygens (including phenoxy) is 1. The summed E-state index contributed by atoms with van der Waals surface area (Å²) in [5.41, 5.74) is 1.21. The van der Waals surface area contributed by atoms with E-state index < -0.39 is 22.5 Å². The number of carbonyl (C=O) groups excluding carboxylic acids is 2. The lowest BCUT2D eigenvalue weighted by Crippen LogP contribution is -2.30. The second-order valence-corrected chi connectivity index (χ2v) is 7.52. The van der Waals surface area contributed by atoms with Crippen molar-refractivity contribution in [2.75, 3.05) is 11.9 Å². The van der Waals surface area contributed by atoms with Crippen molar-refractivity contribution in [3.05, 3.63) is 59.1 Å². The Hall–Kier alpha value is -2.42. The van der Waals surface area contributed by atoms with Crippen molar-refractivity contribution in [2.24, 2.45) is 0 Å². The van der Waals surface area contributed by atoms with Gasteiger partial charge < -0.3 is 10.1 Å². The maximum absolute atomic E-state index is 12.2. The van der Waals surface area contributed by atoms with Crippen LogP contribution >= 0.6 is 11.6 Å². The maximum Gasteiger partial charge on any atom is 0.321 e. The van der Waals surface area contributed by atoms with Crippen molar-refractivity contribution in [3.8, 4) is 0 Å². The second kappa shape index (κ2) is 8.79. The van der Waals surface area contributed by atoms with Gasteiger partial charge in [0.1, 0.15) is 13.2 Å². The highest BCUT2D eigenvalue weighted by Gasteiger charge is 2.16. The third kappa shape index (κ3) is 6.14. The Balaban J connectivity index is 1.87. The average molecular weight is 397 g/mol. The van der Waals surface area contributed by atoms with Crippen LogP contribution in [0.15, 0.2) is 53.4 Å². The largest absolute Gasteiger partial charge is 0.460 e. The van der Waals surface area contributed by atoms with E-state index in [0.29, 0.717) is 10.7 Å². The predicted octanol–water partition coefficient (Wildman–Crippen LogP) is 2.32. The molecule has 0 aliphatic rings. The van der Waals surface area contributed by atoms with Gasteiger partial charge in [0.15, 0.2) is 0 Å². The van der Waals surface area contributed by atoms with Crippen LogP contribution in [0, 0.1) is 0 Å². The second-order valence-electron chi connectivity index (χ2n) is 5.32. The van der Waals surface area contributed by atoms with Crippen molar-refractivity contribution in [1.29, 1.82) is 0 Å². The summed E-state index contributed by atoms with van der Waals surface area (Å²) in [5, 5.41) is 3.10. The molecule has 7 nitrogen and oxygen atoms in total. The van der Waals surface area contributed by atoms with Gasteiger partial charge >= 0.3 is 5.97 Å². The van der Waals surface area contributed by atoms with Gasteiger partial charge in [-0.3, -0.25) is 9.59 Å². The summed E-state index contributed by atoms with van der Waals surface area (Å²) in [6, 6.07) is 12.3. The van der Waals surface area contributed by atoms with Crippen LogP contribution < -0.4 is 10.0 Å². The van der Waals surface area contributed by atoms with E-state index in [1.807, 2.05) is 0 Å². The predicted molar refractivity (Wildman–Crippen MR) is 97.2 cm³/mol. The Morgan fingerprint density at radius 3 is 2.23 bits per heavy atom. The molecular formula is C17H17ClN2O5S. The lowest BCUT2D eigenvalue weighted by atomic mass is 10.2. The smallest absolute Gasteiger partial charge is 0.321 e. The van der Waals surface area contributed by atoms with Gasteiger partial charge in [0.25, 0.3) is 0 Å². The first-order valence-corrected chi connectivity index (χ1v) is 9.40. The van der Waals surface area contributed by atoms with E-state index in [-0.39, 0.29) is 17.4 Å². The topological polar surface area (TPSA) is 102 Å². The van der Waals surface area contributed by atoms with Crippen LogP contribution in [0.2, 0.25) is 5.02 Å². The fourth-order valence-corrected chi connectivity index (χ4v) is 3.05. The molecule has 0 aromatic heterocycles. The lowest BCUT2D eigenvalue weighted by molar-refractivity contribution is -0.143. The number of hydrogen-bond acceptors (Lipinski definition) is 5. The van der Waals surface area contributed by atoms with Crippen LogP contribution in [-0.4, -0.2) is 26.8 Å². The normalized spacial score (nSPS) is 11.0. The summed E-state index contributed by atoms with van der Waals surface area (Å²) in [7, 11) is -3.87. The van der Waals surface area contributed by atoms with Crippen LogP contribution in [-0.2, 0) is 31.0 Å². The van der Waals surface area contributed by atoms with Crippen molar-refractivity contribution in [3.63, 3.8) is 0 Å². The number of hydrogen-bond donors (Lipinski definition) is 2. The average Bonchev–Trinajstić information content (AvgIpc) is 2.59. The van der Waals surface area contributed by atoms with Crippen LogP contribution in [0.1, 0.15) is 12.5 Å². The Bertz CT molecular complexity index is 880. The summed E-state index contributed by atoms with van der Waals surface area (Å²) < 4.78 is 31.5. The first-order chi connectivity index (χ1) is 12.3. The van der Waals surface area contributed by atoms with Gasteiger partial charge in [-0.05, 0) is 42.0 Å². The summed E-state index contributed by atoms with van der Waals surface area (Å²) in [5.74, 6) is -0.972. The summed E-state index contributed by atoms with van der Waals surface area (Å²) in [6.45, 7) is 0.869. The molecule has 2 rings (SSSR count). The SMILES string of the molecule is CC(=O)Nc1ccc(S(=O)(=O)NCC(=O)OCc2ccc(Cl)cc2)cc1. The summed E-state index contributed by atoms with van der Waals surface area (Å²) >= 11 is 5.76. The van der Waals surface area contributed by atoms with Crippen molar-refractivity contribution in [1.82, 2.24) is 4.72 Å². The minimum absolute atomic E-state index is 0.0170. The molecule has 1 amide bonds. The molecule has 2 aromatic rings.